The Morgan fingerprint density at radius 3 is 2.90 bits per heavy atom. The zero-order valence-electron chi connectivity index (χ0n) is 11.7. The number of likely N-dealkylation sites (N-methyl/N-ethyl adjacent to an activating group) is 1. The number of nitrogens with one attached hydrogen (secondary N) is 1. The van der Waals surface area contributed by atoms with Gasteiger partial charge in [-0.05, 0) is 43.8 Å². The van der Waals surface area contributed by atoms with Crippen LogP contribution in [0.2, 0.25) is 5.02 Å². The van der Waals surface area contributed by atoms with Gasteiger partial charge < -0.3 is 10.1 Å². The number of benzene rings is 1. The van der Waals surface area contributed by atoms with Crippen LogP contribution in [0.4, 0.5) is 0 Å². The van der Waals surface area contributed by atoms with Crippen LogP contribution in [0.3, 0.4) is 0 Å². The van der Waals surface area contributed by atoms with Gasteiger partial charge in [-0.15, -0.1) is 12.4 Å². The summed E-state index contributed by atoms with van der Waals surface area (Å²) in [6.45, 7) is 2.80. The van der Waals surface area contributed by atoms with Gasteiger partial charge in [0.2, 0.25) is 0 Å². The zero-order valence-corrected chi connectivity index (χ0v) is 13.3. The maximum Gasteiger partial charge on any atom is 0.337 e. The van der Waals surface area contributed by atoms with E-state index in [4.69, 9.17) is 16.3 Å². The number of ether oxygens (including phenoxy) is 1. The first-order valence-electron chi connectivity index (χ1n) is 6.39. The standard InChI is InChI=1S/C14H19ClN2O2.ClH/c1-17(12-5-6-16-8-12)9-11-7-10(14(18)19-2)3-4-13(11)15;/h3-4,7,12,16H,5-6,8-9H2,1-2H3;1H. The van der Waals surface area contributed by atoms with Gasteiger partial charge in [0.25, 0.3) is 0 Å². The highest BCUT2D eigenvalue weighted by atomic mass is 35.5. The molecule has 0 spiro atoms. The molecule has 0 aromatic heterocycles. The molecule has 1 aromatic rings. The summed E-state index contributed by atoms with van der Waals surface area (Å²) in [6.07, 6.45) is 1.14. The summed E-state index contributed by atoms with van der Waals surface area (Å²) in [6, 6.07) is 5.78. The third kappa shape index (κ3) is 4.09. The van der Waals surface area contributed by atoms with Crippen molar-refractivity contribution >= 4 is 30.0 Å². The molecule has 1 aromatic carbocycles. The first-order chi connectivity index (χ1) is 9.11. The van der Waals surface area contributed by atoms with Crippen molar-refractivity contribution in [3.63, 3.8) is 0 Å². The fraction of sp³-hybridized carbons (Fsp3) is 0.500. The van der Waals surface area contributed by atoms with Crippen LogP contribution in [0.15, 0.2) is 18.2 Å². The van der Waals surface area contributed by atoms with Crippen LogP contribution in [0.25, 0.3) is 0 Å². The van der Waals surface area contributed by atoms with Gasteiger partial charge in [0.05, 0.1) is 12.7 Å². The Morgan fingerprint density at radius 2 is 2.30 bits per heavy atom. The maximum absolute atomic E-state index is 11.5. The molecule has 1 aliphatic heterocycles. The van der Waals surface area contributed by atoms with E-state index in [1.54, 1.807) is 12.1 Å². The Hall–Kier alpha value is -0.810. The second-order valence-electron chi connectivity index (χ2n) is 4.86. The van der Waals surface area contributed by atoms with Crippen molar-refractivity contribution < 1.29 is 9.53 Å². The number of carbonyl (C=O) groups excluding carboxylic acids is 1. The number of esters is 1. The number of hydrogen-bond donors (Lipinski definition) is 1. The van der Waals surface area contributed by atoms with Crippen LogP contribution < -0.4 is 5.32 Å². The van der Waals surface area contributed by atoms with Crippen LogP contribution in [-0.2, 0) is 11.3 Å². The summed E-state index contributed by atoms with van der Waals surface area (Å²) in [5.74, 6) is -0.330. The highest BCUT2D eigenvalue weighted by molar-refractivity contribution is 6.31. The molecule has 0 radical (unpaired) electrons. The first kappa shape index (κ1) is 17.2. The normalized spacial score (nSPS) is 17.9. The summed E-state index contributed by atoms with van der Waals surface area (Å²) in [5.41, 5.74) is 1.50. The minimum Gasteiger partial charge on any atom is -0.465 e. The highest BCUT2D eigenvalue weighted by Crippen LogP contribution is 2.21. The average Bonchev–Trinajstić information content (AvgIpc) is 2.94. The topological polar surface area (TPSA) is 41.6 Å². The predicted molar refractivity (Wildman–Crippen MR) is 82.8 cm³/mol. The minimum atomic E-state index is -0.330. The Bertz CT molecular complexity index is 462. The van der Waals surface area contributed by atoms with Crippen molar-refractivity contribution in [2.45, 2.75) is 19.0 Å². The third-order valence-corrected chi connectivity index (χ3v) is 3.91. The van der Waals surface area contributed by atoms with E-state index in [0.717, 1.165) is 31.6 Å². The Balaban J connectivity index is 0.00000200. The number of rotatable bonds is 4. The zero-order chi connectivity index (χ0) is 13.8. The van der Waals surface area contributed by atoms with E-state index in [0.29, 0.717) is 16.6 Å². The van der Waals surface area contributed by atoms with Gasteiger partial charge in [-0.1, -0.05) is 11.6 Å². The largest absolute Gasteiger partial charge is 0.465 e. The van der Waals surface area contributed by atoms with E-state index >= 15 is 0 Å². The minimum absolute atomic E-state index is 0. The SMILES string of the molecule is COC(=O)c1ccc(Cl)c(CN(C)C2CCNC2)c1.Cl. The number of halogens is 2. The molecular weight excluding hydrogens is 299 g/mol. The lowest BCUT2D eigenvalue weighted by Gasteiger charge is -2.24. The average molecular weight is 319 g/mol. The van der Waals surface area contributed by atoms with Gasteiger partial charge in [-0.2, -0.15) is 0 Å². The van der Waals surface area contributed by atoms with E-state index in [1.165, 1.54) is 7.11 Å². The molecule has 6 heteroatoms. The Labute approximate surface area is 130 Å². The molecule has 112 valence electrons. The molecule has 1 fully saturated rings. The molecule has 0 aliphatic carbocycles. The predicted octanol–water partition coefficient (Wildman–Crippen LogP) is 2.34. The van der Waals surface area contributed by atoms with E-state index in [-0.39, 0.29) is 18.4 Å². The Kier molecular flexibility index (Phi) is 6.76. The van der Waals surface area contributed by atoms with E-state index < -0.39 is 0 Å². The maximum atomic E-state index is 11.5. The number of nitrogens with zero attached hydrogens (tertiary/aromatic N) is 1. The molecule has 0 amide bonds. The van der Waals surface area contributed by atoms with Crippen molar-refractivity contribution in [2.24, 2.45) is 0 Å². The third-order valence-electron chi connectivity index (χ3n) is 3.54. The number of hydrogen-bond acceptors (Lipinski definition) is 4. The van der Waals surface area contributed by atoms with Crippen LogP contribution in [0.1, 0.15) is 22.3 Å². The second-order valence-corrected chi connectivity index (χ2v) is 5.27. The van der Waals surface area contributed by atoms with Crippen molar-refractivity contribution in [1.29, 1.82) is 0 Å². The van der Waals surface area contributed by atoms with Gasteiger partial charge >= 0.3 is 5.97 Å². The molecule has 4 nitrogen and oxygen atoms in total. The summed E-state index contributed by atoms with van der Waals surface area (Å²) in [5, 5.41) is 4.03. The summed E-state index contributed by atoms with van der Waals surface area (Å²) >= 11 is 6.20. The molecule has 0 bridgehead atoms. The summed E-state index contributed by atoms with van der Waals surface area (Å²) < 4.78 is 4.73. The van der Waals surface area contributed by atoms with Gasteiger partial charge in [-0.3, -0.25) is 4.90 Å². The van der Waals surface area contributed by atoms with Gasteiger partial charge in [0.1, 0.15) is 0 Å². The van der Waals surface area contributed by atoms with Gasteiger partial charge in [0.15, 0.2) is 0 Å². The van der Waals surface area contributed by atoms with E-state index in [2.05, 4.69) is 17.3 Å². The molecule has 1 heterocycles. The molecule has 0 saturated carbocycles. The smallest absolute Gasteiger partial charge is 0.337 e. The molecular formula is C14H20Cl2N2O2. The molecule has 1 unspecified atom stereocenters. The second kappa shape index (κ2) is 7.84. The summed E-state index contributed by atoms with van der Waals surface area (Å²) in [7, 11) is 3.46. The van der Waals surface area contributed by atoms with Crippen molar-refractivity contribution in [3.8, 4) is 0 Å². The lowest BCUT2D eigenvalue weighted by atomic mass is 10.1. The quantitative estimate of drug-likeness (QED) is 0.865. The fourth-order valence-electron chi connectivity index (χ4n) is 2.35. The number of carbonyl (C=O) groups is 1. The number of methoxy groups -OCH3 is 1. The molecule has 20 heavy (non-hydrogen) atoms. The monoisotopic (exact) mass is 318 g/mol. The summed E-state index contributed by atoms with van der Waals surface area (Å²) in [4.78, 5) is 13.8. The van der Waals surface area contributed by atoms with Crippen LogP contribution in [-0.4, -0.2) is 44.2 Å². The first-order valence-corrected chi connectivity index (χ1v) is 6.77. The highest BCUT2D eigenvalue weighted by Gasteiger charge is 2.20. The molecule has 2 rings (SSSR count). The van der Waals surface area contributed by atoms with E-state index in [9.17, 15) is 4.79 Å². The van der Waals surface area contributed by atoms with Crippen molar-refractivity contribution in [2.75, 3.05) is 27.2 Å². The van der Waals surface area contributed by atoms with Crippen LogP contribution in [0.5, 0.6) is 0 Å². The molecule has 1 aliphatic rings. The molecule has 1 atom stereocenters. The molecule has 1 saturated heterocycles. The van der Waals surface area contributed by atoms with Gasteiger partial charge in [0, 0.05) is 24.2 Å². The van der Waals surface area contributed by atoms with E-state index in [1.807, 2.05) is 6.07 Å². The lowest BCUT2D eigenvalue weighted by Crippen LogP contribution is -2.33. The molecule has 1 N–H and O–H groups in total. The Morgan fingerprint density at radius 1 is 1.55 bits per heavy atom. The van der Waals surface area contributed by atoms with Gasteiger partial charge in [-0.25, -0.2) is 4.79 Å². The van der Waals surface area contributed by atoms with Crippen LogP contribution >= 0.6 is 24.0 Å². The van der Waals surface area contributed by atoms with Crippen molar-refractivity contribution in [3.05, 3.63) is 34.3 Å². The lowest BCUT2D eigenvalue weighted by molar-refractivity contribution is 0.0600. The van der Waals surface area contributed by atoms with Crippen LogP contribution in [0, 0.1) is 0 Å². The fourth-order valence-corrected chi connectivity index (χ4v) is 2.53. The van der Waals surface area contributed by atoms with Crippen molar-refractivity contribution in [1.82, 2.24) is 10.2 Å².